The lowest BCUT2D eigenvalue weighted by Gasteiger charge is -2.26. The fourth-order valence-electron chi connectivity index (χ4n) is 1.60. The highest BCUT2D eigenvalue weighted by Crippen LogP contribution is 2.21. The zero-order valence-corrected chi connectivity index (χ0v) is 9.61. The summed E-state index contributed by atoms with van der Waals surface area (Å²) >= 11 is 5.92. The van der Waals surface area contributed by atoms with Gasteiger partial charge in [-0.1, -0.05) is 23.7 Å². The molecule has 0 amide bonds. The van der Waals surface area contributed by atoms with Gasteiger partial charge in [0.15, 0.2) is 0 Å². The van der Waals surface area contributed by atoms with Gasteiger partial charge in [0.05, 0.1) is 6.61 Å². The van der Waals surface area contributed by atoms with Crippen LogP contribution in [0.5, 0.6) is 0 Å². The zero-order chi connectivity index (χ0) is 11.3. The minimum absolute atomic E-state index is 0.107. The van der Waals surface area contributed by atoms with Crippen molar-refractivity contribution in [3.05, 3.63) is 34.9 Å². The first-order chi connectivity index (χ1) is 7.19. The van der Waals surface area contributed by atoms with E-state index < -0.39 is 0 Å². The van der Waals surface area contributed by atoms with Crippen LogP contribution >= 0.6 is 11.6 Å². The average molecular weight is 229 g/mol. The molecule has 0 aliphatic rings. The molecule has 1 atom stereocenters. The van der Waals surface area contributed by atoms with Crippen LogP contribution in [0.3, 0.4) is 0 Å². The van der Waals surface area contributed by atoms with Crippen molar-refractivity contribution in [2.75, 3.05) is 26.7 Å². The van der Waals surface area contributed by atoms with Crippen molar-refractivity contribution in [1.82, 2.24) is 4.90 Å². The van der Waals surface area contributed by atoms with Gasteiger partial charge < -0.3 is 10.8 Å². The summed E-state index contributed by atoms with van der Waals surface area (Å²) in [5.74, 6) is 0. The maximum Gasteiger partial charge on any atom is 0.0558 e. The molecule has 1 aromatic rings. The largest absolute Gasteiger partial charge is 0.395 e. The Bertz CT molecular complexity index is 306. The quantitative estimate of drug-likeness (QED) is 0.798. The number of halogens is 1. The maximum absolute atomic E-state index is 8.87. The van der Waals surface area contributed by atoms with Crippen LogP contribution < -0.4 is 5.73 Å². The fourth-order valence-corrected chi connectivity index (χ4v) is 1.80. The fraction of sp³-hybridized carbons (Fsp3) is 0.455. The maximum atomic E-state index is 8.87. The van der Waals surface area contributed by atoms with Gasteiger partial charge in [-0.25, -0.2) is 0 Å². The summed E-state index contributed by atoms with van der Waals surface area (Å²) in [6, 6.07) is 7.76. The third-order valence-corrected chi connectivity index (χ3v) is 2.68. The van der Waals surface area contributed by atoms with E-state index in [4.69, 9.17) is 22.4 Å². The Hall–Kier alpha value is -0.610. The monoisotopic (exact) mass is 228 g/mol. The van der Waals surface area contributed by atoms with E-state index in [0.717, 1.165) is 5.56 Å². The van der Waals surface area contributed by atoms with Crippen molar-refractivity contribution < 1.29 is 5.11 Å². The number of likely N-dealkylation sites (N-methyl/N-ethyl adjacent to an activating group) is 1. The van der Waals surface area contributed by atoms with E-state index >= 15 is 0 Å². The van der Waals surface area contributed by atoms with Gasteiger partial charge in [-0.15, -0.1) is 0 Å². The summed E-state index contributed by atoms with van der Waals surface area (Å²) in [5, 5.41) is 9.59. The first kappa shape index (κ1) is 12.5. The van der Waals surface area contributed by atoms with Gasteiger partial charge in [0.1, 0.15) is 0 Å². The minimum atomic E-state index is 0.107. The molecule has 0 aliphatic heterocycles. The topological polar surface area (TPSA) is 49.5 Å². The zero-order valence-electron chi connectivity index (χ0n) is 8.86. The van der Waals surface area contributed by atoms with E-state index in [1.165, 1.54) is 0 Å². The van der Waals surface area contributed by atoms with Gasteiger partial charge in [0, 0.05) is 24.2 Å². The highest BCUT2D eigenvalue weighted by Gasteiger charge is 2.14. The summed E-state index contributed by atoms with van der Waals surface area (Å²) in [6.07, 6.45) is 0. The second-order valence-electron chi connectivity index (χ2n) is 3.51. The second kappa shape index (κ2) is 6.08. The molecule has 1 aromatic carbocycles. The van der Waals surface area contributed by atoms with E-state index in [-0.39, 0.29) is 12.6 Å². The van der Waals surface area contributed by atoms with Crippen LogP contribution in [0.2, 0.25) is 5.02 Å². The van der Waals surface area contributed by atoms with E-state index in [9.17, 15) is 0 Å². The Morgan fingerprint density at radius 2 is 2.27 bits per heavy atom. The van der Waals surface area contributed by atoms with Crippen LogP contribution in [0.1, 0.15) is 11.6 Å². The molecule has 1 unspecified atom stereocenters. The smallest absolute Gasteiger partial charge is 0.0558 e. The molecule has 0 aromatic heterocycles. The van der Waals surface area contributed by atoms with E-state index in [0.29, 0.717) is 18.1 Å². The first-order valence-corrected chi connectivity index (χ1v) is 5.33. The summed E-state index contributed by atoms with van der Waals surface area (Å²) in [6.45, 7) is 1.25. The molecule has 0 bridgehead atoms. The molecule has 0 spiro atoms. The summed E-state index contributed by atoms with van der Waals surface area (Å²) in [7, 11) is 1.94. The van der Waals surface area contributed by atoms with Crippen molar-refractivity contribution in [3.63, 3.8) is 0 Å². The van der Waals surface area contributed by atoms with E-state index in [1.54, 1.807) is 0 Å². The minimum Gasteiger partial charge on any atom is -0.395 e. The second-order valence-corrected chi connectivity index (χ2v) is 3.95. The van der Waals surface area contributed by atoms with Crippen molar-refractivity contribution >= 4 is 11.6 Å². The predicted molar refractivity (Wildman–Crippen MR) is 63.0 cm³/mol. The Kier molecular flexibility index (Phi) is 5.05. The van der Waals surface area contributed by atoms with Crippen molar-refractivity contribution in [3.8, 4) is 0 Å². The molecule has 15 heavy (non-hydrogen) atoms. The van der Waals surface area contributed by atoms with Gasteiger partial charge in [0.2, 0.25) is 0 Å². The third-order valence-electron chi connectivity index (χ3n) is 2.44. The number of rotatable bonds is 5. The third kappa shape index (κ3) is 3.47. The number of benzene rings is 1. The molecule has 0 heterocycles. The molecule has 0 radical (unpaired) electrons. The lowest BCUT2D eigenvalue weighted by atomic mass is 10.1. The molecule has 3 nitrogen and oxygen atoms in total. The van der Waals surface area contributed by atoms with Crippen LogP contribution in [0.25, 0.3) is 0 Å². The lowest BCUT2D eigenvalue weighted by molar-refractivity contribution is 0.183. The number of nitrogens with zero attached hydrogens (tertiary/aromatic N) is 1. The Balaban J connectivity index is 2.82. The van der Waals surface area contributed by atoms with Crippen molar-refractivity contribution in [2.45, 2.75) is 6.04 Å². The Morgan fingerprint density at radius 1 is 1.53 bits per heavy atom. The van der Waals surface area contributed by atoms with E-state index in [2.05, 4.69) is 0 Å². The highest BCUT2D eigenvalue weighted by atomic mass is 35.5. The summed E-state index contributed by atoms with van der Waals surface area (Å²) in [4.78, 5) is 2.02. The molecule has 0 saturated carbocycles. The van der Waals surface area contributed by atoms with Crippen LogP contribution in [-0.4, -0.2) is 36.8 Å². The normalized spacial score (nSPS) is 13.1. The summed E-state index contributed by atoms with van der Waals surface area (Å²) < 4.78 is 0. The van der Waals surface area contributed by atoms with Crippen molar-refractivity contribution in [1.29, 1.82) is 0 Å². The predicted octanol–water partition coefficient (Wildman–Crippen LogP) is 1.26. The number of aliphatic hydroxyl groups is 1. The number of hydrogen-bond acceptors (Lipinski definition) is 3. The van der Waals surface area contributed by atoms with Crippen LogP contribution in [-0.2, 0) is 0 Å². The molecule has 0 fully saturated rings. The van der Waals surface area contributed by atoms with Crippen LogP contribution in [0, 0.1) is 0 Å². The number of nitrogens with two attached hydrogens (primary N) is 1. The molecule has 0 saturated heterocycles. The van der Waals surface area contributed by atoms with E-state index in [1.807, 2.05) is 36.2 Å². The van der Waals surface area contributed by atoms with Gasteiger partial charge in [-0.3, -0.25) is 4.90 Å². The Morgan fingerprint density at radius 3 is 2.80 bits per heavy atom. The molecule has 4 heteroatoms. The van der Waals surface area contributed by atoms with Gasteiger partial charge in [0.25, 0.3) is 0 Å². The van der Waals surface area contributed by atoms with Crippen LogP contribution in [0.4, 0.5) is 0 Å². The molecular weight excluding hydrogens is 212 g/mol. The molecule has 0 aliphatic carbocycles. The van der Waals surface area contributed by atoms with Gasteiger partial charge in [-0.2, -0.15) is 0 Å². The Labute approximate surface area is 95.5 Å². The molecule has 1 rings (SSSR count). The van der Waals surface area contributed by atoms with Crippen LogP contribution in [0.15, 0.2) is 24.3 Å². The molecule has 3 N–H and O–H groups in total. The lowest BCUT2D eigenvalue weighted by Crippen LogP contribution is -2.32. The SMILES string of the molecule is CN(CCO)C(CN)c1cccc(Cl)c1. The van der Waals surface area contributed by atoms with Gasteiger partial charge in [-0.05, 0) is 24.7 Å². The standard InChI is InChI=1S/C11H17ClN2O/c1-14(5-6-15)11(8-13)9-3-2-4-10(12)7-9/h2-4,7,11,15H,5-6,8,13H2,1H3. The summed E-state index contributed by atoms with van der Waals surface area (Å²) in [5.41, 5.74) is 6.80. The molecule has 84 valence electrons. The van der Waals surface area contributed by atoms with Gasteiger partial charge >= 0.3 is 0 Å². The molecular formula is C11H17ClN2O. The first-order valence-electron chi connectivity index (χ1n) is 4.95. The highest BCUT2D eigenvalue weighted by molar-refractivity contribution is 6.30. The number of hydrogen-bond donors (Lipinski definition) is 2. The average Bonchev–Trinajstić information content (AvgIpc) is 2.19. The van der Waals surface area contributed by atoms with Crippen molar-refractivity contribution in [2.24, 2.45) is 5.73 Å². The number of aliphatic hydroxyl groups excluding tert-OH is 1.